The van der Waals surface area contributed by atoms with Gasteiger partial charge in [-0.1, -0.05) is 78.9 Å². The summed E-state index contributed by atoms with van der Waals surface area (Å²) in [5.74, 6) is -0.407. The number of ketones is 1. The fourth-order valence-corrected chi connectivity index (χ4v) is 4.87. The summed E-state index contributed by atoms with van der Waals surface area (Å²) in [6, 6.07) is 24.5. The molecular formula is C22H20INO3S. The molecule has 0 saturated heterocycles. The SMILES string of the molecule is O=C(c1ccccc1)[C@@H](Cc1ccccc1I)NS(=O)(=O)Cc1ccccc1. The molecule has 0 bridgehead atoms. The predicted octanol–water partition coefficient (Wildman–Crippen LogP) is 4.20. The zero-order valence-electron chi connectivity index (χ0n) is 15.1. The molecule has 1 N–H and O–H groups in total. The Labute approximate surface area is 179 Å². The van der Waals surface area contributed by atoms with Crippen LogP contribution >= 0.6 is 22.6 Å². The number of Topliss-reactive ketones (excluding diaryl/α,β-unsaturated/α-hetero) is 1. The van der Waals surface area contributed by atoms with Gasteiger partial charge in [-0.25, -0.2) is 13.1 Å². The Morgan fingerprint density at radius 2 is 1.43 bits per heavy atom. The first-order chi connectivity index (χ1) is 13.4. The van der Waals surface area contributed by atoms with Crippen LogP contribution in [0.4, 0.5) is 0 Å². The molecule has 3 aromatic rings. The second-order valence-electron chi connectivity index (χ2n) is 6.44. The highest BCUT2D eigenvalue weighted by Crippen LogP contribution is 2.17. The third-order valence-electron chi connectivity index (χ3n) is 4.28. The Hall–Kier alpha value is -2.03. The van der Waals surface area contributed by atoms with Gasteiger partial charge in [0.05, 0.1) is 11.8 Å². The third kappa shape index (κ3) is 5.73. The lowest BCUT2D eigenvalue weighted by molar-refractivity contribution is 0.0953. The topological polar surface area (TPSA) is 63.2 Å². The quantitative estimate of drug-likeness (QED) is 0.369. The van der Waals surface area contributed by atoms with Crippen molar-refractivity contribution in [1.82, 2.24) is 4.72 Å². The van der Waals surface area contributed by atoms with E-state index in [1.54, 1.807) is 48.5 Å². The summed E-state index contributed by atoms with van der Waals surface area (Å²) in [4.78, 5) is 13.1. The molecule has 28 heavy (non-hydrogen) atoms. The maximum absolute atomic E-state index is 13.1. The van der Waals surface area contributed by atoms with Crippen molar-refractivity contribution in [1.29, 1.82) is 0 Å². The van der Waals surface area contributed by atoms with E-state index in [0.29, 0.717) is 17.5 Å². The smallest absolute Gasteiger partial charge is 0.216 e. The van der Waals surface area contributed by atoms with Gasteiger partial charge in [-0.3, -0.25) is 4.79 Å². The Balaban J connectivity index is 1.87. The molecule has 0 aromatic heterocycles. The van der Waals surface area contributed by atoms with Gasteiger partial charge in [0.1, 0.15) is 0 Å². The van der Waals surface area contributed by atoms with Crippen LogP contribution in [0.25, 0.3) is 0 Å². The van der Waals surface area contributed by atoms with Gasteiger partial charge >= 0.3 is 0 Å². The maximum atomic E-state index is 13.1. The maximum Gasteiger partial charge on any atom is 0.216 e. The molecule has 0 amide bonds. The van der Waals surface area contributed by atoms with Gasteiger partial charge in [-0.15, -0.1) is 0 Å². The number of halogens is 1. The Morgan fingerprint density at radius 1 is 0.857 bits per heavy atom. The molecule has 0 radical (unpaired) electrons. The second kappa shape index (κ2) is 9.45. The van der Waals surface area contributed by atoms with Gasteiger partial charge in [0.2, 0.25) is 10.0 Å². The molecule has 1 atom stereocenters. The van der Waals surface area contributed by atoms with Crippen LogP contribution < -0.4 is 4.72 Å². The molecule has 3 rings (SSSR count). The van der Waals surface area contributed by atoms with Crippen molar-refractivity contribution in [3.05, 3.63) is 105 Å². The number of benzene rings is 3. The van der Waals surface area contributed by atoms with Crippen molar-refractivity contribution in [2.75, 3.05) is 0 Å². The van der Waals surface area contributed by atoms with E-state index < -0.39 is 16.1 Å². The summed E-state index contributed by atoms with van der Waals surface area (Å²) < 4.78 is 29.1. The fraction of sp³-hybridized carbons (Fsp3) is 0.136. The molecule has 4 nitrogen and oxygen atoms in total. The van der Waals surface area contributed by atoms with Crippen LogP contribution in [0, 0.1) is 3.57 Å². The molecule has 0 aliphatic rings. The van der Waals surface area contributed by atoms with E-state index in [0.717, 1.165) is 9.13 Å². The predicted molar refractivity (Wildman–Crippen MR) is 120 cm³/mol. The molecule has 3 aromatic carbocycles. The van der Waals surface area contributed by atoms with Gasteiger partial charge in [0.25, 0.3) is 0 Å². The molecule has 0 spiro atoms. The van der Waals surface area contributed by atoms with E-state index in [2.05, 4.69) is 27.3 Å². The number of rotatable bonds is 8. The van der Waals surface area contributed by atoms with Gasteiger partial charge in [-0.2, -0.15) is 0 Å². The fourth-order valence-electron chi connectivity index (χ4n) is 2.93. The summed E-state index contributed by atoms with van der Waals surface area (Å²) in [6.07, 6.45) is 0.293. The summed E-state index contributed by atoms with van der Waals surface area (Å²) in [5, 5.41) is 0. The summed E-state index contributed by atoms with van der Waals surface area (Å²) in [5.41, 5.74) is 2.09. The van der Waals surface area contributed by atoms with Crippen molar-refractivity contribution >= 4 is 38.4 Å². The van der Waals surface area contributed by atoms with Crippen LogP contribution in [0.5, 0.6) is 0 Å². The average Bonchev–Trinajstić information content (AvgIpc) is 2.69. The lowest BCUT2D eigenvalue weighted by Gasteiger charge is -2.19. The lowest BCUT2D eigenvalue weighted by Crippen LogP contribution is -2.43. The Morgan fingerprint density at radius 3 is 2.07 bits per heavy atom. The van der Waals surface area contributed by atoms with E-state index in [1.165, 1.54) is 0 Å². The van der Waals surface area contributed by atoms with E-state index in [9.17, 15) is 13.2 Å². The zero-order valence-corrected chi connectivity index (χ0v) is 18.1. The standard InChI is InChI=1S/C22H20INO3S/c23-20-14-8-7-13-19(20)15-21(22(25)18-11-5-2-6-12-18)24-28(26,27)16-17-9-3-1-4-10-17/h1-14,21,24H,15-16H2/t21-/m1/s1. The number of nitrogens with one attached hydrogen (secondary N) is 1. The monoisotopic (exact) mass is 505 g/mol. The molecule has 144 valence electrons. The van der Waals surface area contributed by atoms with Gasteiger partial charge in [0.15, 0.2) is 5.78 Å². The van der Waals surface area contributed by atoms with E-state index in [4.69, 9.17) is 0 Å². The molecular weight excluding hydrogens is 485 g/mol. The summed E-state index contributed by atoms with van der Waals surface area (Å²) >= 11 is 2.20. The number of sulfonamides is 1. The van der Waals surface area contributed by atoms with Crippen molar-refractivity contribution in [3.63, 3.8) is 0 Å². The first-order valence-corrected chi connectivity index (χ1v) is 11.5. The van der Waals surface area contributed by atoms with Gasteiger partial charge in [0, 0.05) is 9.13 Å². The zero-order chi connectivity index (χ0) is 20.0. The highest BCUT2D eigenvalue weighted by atomic mass is 127. The number of carbonyl (C=O) groups excluding carboxylic acids is 1. The third-order valence-corrected chi connectivity index (χ3v) is 6.69. The lowest BCUT2D eigenvalue weighted by atomic mass is 9.98. The largest absolute Gasteiger partial charge is 0.292 e. The summed E-state index contributed by atoms with van der Waals surface area (Å²) in [7, 11) is -3.69. The van der Waals surface area contributed by atoms with E-state index in [1.807, 2.05) is 36.4 Å². The Kier molecular flexibility index (Phi) is 6.98. The van der Waals surface area contributed by atoms with Crippen molar-refractivity contribution in [2.45, 2.75) is 18.2 Å². The number of carbonyl (C=O) groups is 1. The second-order valence-corrected chi connectivity index (χ2v) is 9.36. The molecule has 0 saturated carbocycles. The minimum atomic E-state index is -3.69. The van der Waals surface area contributed by atoms with Crippen LogP contribution in [-0.2, 0) is 22.2 Å². The van der Waals surface area contributed by atoms with Crippen LogP contribution in [0.1, 0.15) is 21.5 Å². The first-order valence-electron chi connectivity index (χ1n) is 8.81. The van der Waals surface area contributed by atoms with Crippen molar-refractivity contribution < 1.29 is 13.2 Å². The van der Waals surface area contributed by atoms with Crippen molar-refractivity contribution in [2.24, 2.45) is 0 Å². The van der Waals surface area contributed by atoms with E-state index >= 15 is 0 Å². The van der Waals surface area contributed by atoms with Crippen LogP contribution in [0.15, 0.2) is 84.9 Å². The molecule has 0 heterocycles. The minimum Gasteiger partial charge on any atom is -0.292 e. The molecule has 0 aliphatic heterocycles. The average molecular weight is 505 g/mol. The Bertz CT molecular complexity index is 1040. The van der Waals surface area contributed by atoms with Crippen LogP contribution in [-0.4, -0.2) is 20.2 Å². The highest BCUT2D eigenvalue weighted by Gasteiger charge is 2.26. The molecule has 0 unspecified atom stereocenters. The van der Waals surface area contributed by atoms with Crippen LogP contribution in [0.3, 0.4) is 0 Å². The minimum absolute atomic E-state index is 0.168. The first kappa shape index (κ1) is 20.7. The normalized spacial score (nSPS) is 12.5. The number of hydrogen-bond acceptors (Lipinski definition) is 3. The van der Waals surface area contributed by atoms with Crippen molar-refractivity contribution in [3.8, 4) is 0 Å². The highest BCUT2D eigenvalue weighted by molar-refractivity contribution is 14.1. The number of hydrogen-bond donors (Lipinski definition) is 1. The van der Waals surface area contributed by atoms with E-state index in [-0.39, 0.29) is 11.5 Å². The van der Waals surface area contributed by atoms with Crippen LogP contribution in [0.2, 0.25) is 0 Å². The molecule has 6 heteroatoms. The molecule has 0 fully saturated rings. The summed E-state index contributed by atoms with van der Waals surface area (Å²) in [6.45, 7) is 0. The molecule has 0 aliphatic carbocycles. The van der Waals surface area contributed by atoms with Gasteiger partial charge in [-0.05, 0) is 46.2 Å². The van der Waals surface area contributed by atoms with Gasteiger partial charge < -0.3 is 0 Å².